The molecule has 1 aliphatic rings. The average molecular weight is 359 g/mol. The summed E-state index contributed by atoms with van der Waals surface area (Å²) in [7, 11) is 0. The first-order valence-electron chi connectivity index (χ1n) is 7.00. The highest BCUT2D eigenvalue weighted by atomic mass is 79.9. The molecule has 1 atom stereocenters. The van der Waals surface area contributed by atoms with Crippen LogP contribution in [0.3, 0.4) is 0 Å². The largest absolute Gasteiger partial charge is 0.326 e. The van der Waals surface area contributed by atoms with Crippen molar-refractivity contribution in [1.29, 1.82) is 0 Å². The first-order chi connectivity index (χ1) is 10.5. The van der Waals surface area contributed by atoms with E-state index in [0.29, 0.717) is 11.4 Å². The Hall–Kier alpha value is -2.14. The molecule has 22 heavy (non-hydrogen) atoms. The van der Waals surface area contributed by atoms with Crippen molar-refractivity contribution in [2.24, 2.45) is 0 Å². The molecule has 1 unspecified atom stereocenters. The highest BCUT2D eigenvalue weighted by Crippen LogP contribution is 2.33. The summed E-state index contributed by atoms with van der Waals surface area (Å²) in [6, 6.07) is 13.1. The van der Waals surface area contributed by atoms with Crippen molar-refractivity contribution in [3.63, 3.8) is 0 Å². The molecule has 3 rings (SSSR count). The average Bonchev–Trinajstić information content (AvgIpc) is 2.50. The molecule has 2 N–H and O–H groups in total. The monoisotopic (exact) mass is 358 g/mol. The van der Waals surface area contributed by atoms with E-state index in [4.69, 9.17) is 0 Å². The lowest BCUT2D eigenvalue weighted by atomic mass is 9.90. The maximum Gasteiger partial charge on any atom is 0.232 e. The number of benzene rings is 2. The Morgan fingerprint density at radius 2 is 2.05 bits per heavy atom. The minimum atomic E-state index is -0.468. The zero-order valence-electron chi connectivity index (χ0n) is 12.0. The van der Waals surface area contributed by atoms with E-state index in [1.54, 1.807) is 0 Å². The molecule has 112 valence electrons. The smallest absolute Gasteiger partial charge is 0.232 e. The number of amides is 2. The van der Waals surface area contributed by atoms with Crippen molar-refractivity contribution >= 4 is 39.1 Å². The Morgan fingerprint density at radius 3 is 2.82 bits per heavy atom. The Balaban J connectivity index is 1.86. The summed E-state index contributed by atoms with van der Waals surface area (Å²) in [5.41, 5.74) is 3.38. The quantitative estimate of drug-likeness (QED) is 0.857. The van der Waals surface area contributed by atoms with E-state index in [-0.39, 0.29) is 18.2 Å². The van der Waals surface area contributed by atoms with Crippen LogP contribution in [0.4, 0.5) is 11.4 Å². The molecule has 0 radical (unpaired) electrons. The number of carbonyl (C=O) groups is 2. The predicted molar refractivity (Wildman–Crippen MR) is 89.9 cm³/mol. The Bertz CT molecular complexity index is 758. The molecule has 2 aromatic carbocycles. The molecule has 0 saturated carbocycles. The maximum atomic E-state index is 12.6. The van der Waals surface area contributed by atoms with E-state index in [9.17, 15) is 9.59 Å². The third kappa shape index (κ3) is 2.90. The van der Waals surface area contributed by atoms with Gasteiger partial charge in [-0.25, -0.2) is 0 Å². The number of carbonyl (C=O) groups excluding carboxylic acids is 2. The molecule has 5 heteroatoms. The second kappa shape index (κ2) is 5.93. The highest BCUT2D eigenvalue weighted by Gasteiger charge is 2.30. The highest BCUT2D eigenvalue weighted by molar-refractivity contribution is 9.10. The van der Waals surface area contributed by atoms with Crippen molar-refractivity contribution in [3.8, 4) is 0 Å². The van der Waals surface area contributed by atoms with Crippen LogP contribution in [0.15, 0.2) is 46.9 Å². The third-order valence-corrected chi connectivity index (χ3v) is 4.61. The zero-order chi connectivity index (χ0) is 15.7. The summed E-state index contributed by atoms with van der Waals surface area (Å²) in [6.45, 7) is 1.98. The molecule has 0 aromatic heterocycles. The van der Waals surface area contributed by atoms with Crippen LogP contribution in [-0.2, 0) is 9.59 Å². The SMILES string of the molecule is Cc1ccc(NC(=O)C2CC(=O)Nc3ccccc32)cc1Br. The first-order valence-corrected chi connectivity index (χ1v) is 7.79. The molecular weight excluding hydrogens is 344 g/mol. The number of rotatable bonds is 2. The van der Waals surface area contributed by atoms with Crippen LogP contribution in [0.2, 0.25) is 0 Å². The summed E-state index contributed by atoms with van der Waals surface area (Å²) >= 11 is 3.45. The van der Waals surface area contributed by atoms with E-state index >= 15 is 0 Å². The summed E-state index contributed by atoms with van der Waals surface area (Å²) in [5.74, 6) is -0.771. The zero-order valence-corrected chi connectivity index (χ0v) is 13.6. The number of nitrogens with one attached hydrogen (secondary N) is 2. The second-order valence-electron chi connectivity index (χ2n) is 5.35. The third-order valence-electron chi connectivity index (χ3n) is 3.76. The van der Waals surface area contributed by atoms with Crippen LogP contribution in [0.25, 0.3) is 0 Å². The van der Waals surface area contributed by atoms with Crippen molar-refractivity contribution in [2.45, 2.75) is 19.3 Å². The normalized spacial score (nSPS) is 16.6. The van der Waals surface area contributed by atoms with Gasteiger partial charge in [-0.15, -0.1) is 0 Å². The van der Waals surface area contributed by atoms with Crippen molar-refractivity contribution < 1.29 is 9.59 Å². The van der Waals surface area contributed by atoms with Crippen LogP contribution >= 0.6 is 15.9 Å². The van der Waals surface area contributed by atoms with Gasteiger partial charge in [0, 0.05) is 22.3 Å². The minimum Gasteiger partial charge on any atom is -0.326 e. The molecule has 2 amide bonds. The predicted octanol–water partition coefficient (Wildman–Crippen LogP) is 3.82. The molecule has 4 nitrogen and oxygen atoms in total. The minimum absolute atomic E-state index is 0.135. The number of hydrogen-bond donors (Lipinski definition) is 2. The van der Waals surface area contributed by atoms with Gasteiger partial charge in [-0.05, 0) is 36.2 Å². The summed E-state index contributed by atoms with van der Waals surface area (Å²) in [5, 5.41) is 5.69. The first kappa shape index (κ1) is 14.8. The standard InChI is InChI=1S/C17H15BrN2O2/c1-10-6-7-11(8-14(10)18)19-17(22)13-9-16(21)20-15-5-3-2-4-12(13)15/h2-8,13H,9H2,1H3,(H,19,22)(H,20,21). The van der Waals surface area contributed by atoms with Gasteiger partial charge < -0.3 is 10.6 Å². The van der Waals surface area contributed by atoms with Gasteiger partial charge in [0.1, 0.15) is 0 Å². The van der Waals surface area contributed by atoms with Gasteiger partial charge in [-0.2, -0.15) is 0 Å². The number of aryl methyl sites for hydroxylation is 1. The molecule has 0 saturated heterocycles. The van der Waals surface area contributed by atoms with Crippen molar-refractivity contribution in [2.75, 3.05) is 10.6 Å². The van der Waals surface area contributed by atoms with Gasteiger partial charge in [0.2, 0.25) is 11.8 Å². The van der Waals surface area contributed by atoms with Gasteiger partial charge in [-0.1, -0.05) is 40.2 Å². The maximum absolute atomic E-state index is 12.6. The van der Waals surface area contributed by atoms with Crippen LogP contribution in [0.1, 0.15) is 23.5 Å². The molecule has 0 bridgehead atoms. The molecular formula is C17H15BrN2O2. The van der Waals surface area contributed by atoms with Crippen LogP contribution < -0.4 is 10.6 Å². The number of para-hydroxylation sites is 1. The Kier molecular flexibility index (Phi) is 3.98. The van der Waals surface area contributed by atoms with Gasteiger partial charge in [0.05, 0.1) is 5.92 Å². The Labute approximate surface area is 137 Å². The Morgan fingerprint density at radius 1 is 1.27 bits per heavy atom. The van der Waals surface area contributed by atoms with E-state index in [0.717, 1.165) is 15.6 Å². The second-order valence-corrected chi connectivity index (χ2v) is 6.20. The molecule has 0 fully saturated rings. The molecule has 0 spiro atoms. The van der Waals surface area contributed by atoms with Crippen molar-refractivity contribution in [1.82, 2.24) is 0 Å². The number of anilines is 2. The van der Waals surface area contributed by atoms with Gasteiger partial charge in [0.15, 0.2) is 0 Å². The van der Waals surface area contributed by atoms with E-state index in [1.165, 1.54) is 0 Å². The van der Waals surface area contributed by atoms with Crippen molar-refractivity contribution in [3.05, 3.63) is 58.1 Å². The summed E-state index contributed by atoms with van der Waals surface area (Å²) in [6.07, 6.45) is 0.163. The fourth-order valence-electron chi connectivity index (χ4n) is 2.55. The van der Waals surface area contributed by atoms with Gasteiger partial charge in [0.25, 0.3) is 0 Å². The van der Waals surface area contributed by atoms with Crippen LogP contribution in [0.5, 0.6) is 0 Å². The fraction of sp³-hybridized carbons (Fsp3) is 0.176. The molecule has 1 heterocycles. The lowest BCUT2D eigenvalue weighted by molar-refractivity contribution is -0.123. The number of hydrogen-bond acceptors (Lipinski definition) is 2. The lowest BCUT2D eigenvalue weighted by Crippen LogP contribution is -2.30. The number of fused-ring (bicyclic) bond motifs is 1. The topological polar surface area (TPSA) is 58.2 Å². The van der Waals surface area contributed by atoms with Crippen LogP contribution in [0, 0.1) is 6.92 Å². The van der Waals surface area contributed by atoms with E-state index in [2.05, 4.69) is 26.6 Å². The van der Waals surface area contributed by atoms with Gasteiger partial charge >= 0.3 is 0 Å². The fourth-order valence-corrected chi connectivity index (χ4v) is 2.92. The van der Waals surface area contributed by atoms with Crippen LogP contribution in [-0.4, -0.2) is 11.8 Å². The number of halogens is 1. The summed E-state index contributed by atoms with van der Waals surface area (Å²) in [4.78, 5) is 24.4. The van der Waals surface area contributed by atoms with E-state index in [1.807, 2.05) is 49.4 Å². The lowest BCUT2D eigenvalue weighted by Gasteiger charge is -2.24. The molecule has 0 aliphatic carbocycles. The molecule has 2 aromatic rings. The summed E-state index contributed by atoms with van der Waals surface area (Å²) < 4.78 is 0.937. The molecule has 1 aliphatic heterocycles. The van der Waals surface area contributed by atoms with E-state index < -0.39 is 5.92 Å². The van der Waals surface area contributed by atoms with Gasteiger partial charge in [-0.3, -0.25) is 9.59 Å².